The minimum atomic E-state index is -1.08. The van der Waals surface area contributed by atoms with E-state index in [1.165, 1.54) is 31.4 Å². The van der Waals surface area contributed by atoms with Gasteiger partial charge in [0.1, 0.15) is 23.3 Å². The van der Waals surface area contributed by atoms with E-state index in [0.29, 0.717) is 16.9 Å². The van der Waals surface area contributed by atoms with Crippen LogP contribution in [0.15, 0.2) is 64.0 Å². The van der Waals surface area contributed by atoms with Gasteiger partial charge in [0.15, 0.2) is 6.10 Å². The summed E-state index contributed by atoms with van der Waals surface area (Å²) in [5.41, 5.74) is -0.0339. The van der Waals surface area contributed by atoms with Crippen molar-refractivity contribution >= 4 is 16.9 Å². The van der Waals surface area contributed by atoms with Crippen molar-refractivity contribution in [2.45, 2.75) is 13.0 Å². The maximum absolute atomic E-state index is 12.5. The maximum Gasteiger partial charge on any atom is 0.344 e. The Balaban J connectivity index is 1.92. The molecule has 6 heteroatoms. The zero-order valence-electron chi connectivity index (χ0n) is 12.8. The highest BCUT2D eigenvalue weighted by atomic mass is 16.5. The third kappa shape index (κ3) is 3.22. The molecular formula is C18H14O6. The Hall–Kier alpha value is -3.28. The number of fused-ring (bicyclic) bond motifs is 1. The Morgan fingerprint density at radius 2 is 1.88 bits per heavy atom. The number of carboxylic acids is 1. The van der Waals surface area contributed by atoms with Gasteiger partial charge < -0.3 is 19.0 Å². The SMILES string of the molecule is CC(Oc1ccc2c(=O)c(Oc3ccccc3)coc2c1)C(=O)O. The molecule has 0 radical (unpaired) electrons. The second kappa shape index (κ2) is 6.45. The molecule has 0 saturated heterocycles. The molecule has 0 aliphatic rings. The predicted octanol–water partition coefficient (Wildman–Crippen LogP) is 3.44. The Labute approximate surface area is 136 Å². The molecular weight excluding hydrogens is 312 g/mol. The smallest absolute Gasteiger partial charge is 0.344 e. The summed E-state index contributed by atoms with van der Waals surface area (Å²) < 4.78 is 16.2. The van der Waals surface area contributed by atoms with E-state index in [-0.39, 0.29) is 16.8 Å². The Morgan fingerprint density at radius 3 is 2.58 bits per heavy atom. The first-order valence-corrected chi connectivity index (χ1v) is 7.22. The van der Waals surface area contributed by atoms with Crippen LogP contribution < -0.4 is 14.9 Å². The van der Waals surface area contributed by atoms with Crippen LogP contribution in [0.1, 0.15) is 6.92 Å². The number of carbonyl (C=O) groups is 1. The van der Waals surface area contributed by atoms with Crippen molar-refractivity contribution in [3.8, 4) is 17.2 Å². The van der Waals surface area contributed by atoms with Gasteiger partial charge in [-0.05, 0) is 31.2 Å². The molecule has 0 saturated carbocycles. The molecule has 24 heavy (non-hydrogen) atoms. The fourth-order valence-electron chi connectivity index (χ4n) is 2.10. The van der Waals surface area contributed by atoms with E-state index in [1.807, 2.05) is 6.07 Å². The molecule has 0 bridgehead atoms. The minimum absolute atomic E-state index is 0.0706. The van der Waals surface area contributed by atoms with Crippen molar-refractivity contribution in [2.75, 3.05) is 0 Å². The molecule has 0 aliphatic carbocycles. The second-order valence-corrected chi connectivity index (χ2v) is 5.10. The van der Waals surface area contributed by atoms with Gasteiger partial charge in [-0.25, -0.2) is 4.79 Å². The van der Waals surface area contributed by atoms with Crippen molar-refractivity contribution in [3.63, 3.8) is 0 Å². The predicted molar refractivity (Wildman–Crippen MR) is 86.7 cm³/mol. The lowest BCUT2D eigenvalue weighted by Gasteiger charge is -2.10. The Morgan fingerprint density at radius 1 is 1.12 bits per heavy atom. The fraction of sp³-hybridized carbons (Fsp3) is 0.111. The molecule has 3 aromatic rings. The fourth-order valence-corrected chi connectivity index (χ4v) is 2.10. The summed E-state index contributed by atoms with van der Waals surface area (Å²) >= 11 is 0. The molecule has 6 nitrogen and oxygen atoms in total. The van der Waals surface area contributed by atoms with Crippen LogP contribution in [0.4, 0.5) is 0 Å². The molecule has 0 fully saturated rings. The quantitative estimate of drug-likeness (QED) is 0.773. The first-order chi connectivity index (χ1) is 11.5. The highest BCUT2D eigenvalue weighted by Crippen LogP contribution is 2.24. The van der Waals surface area contributed by atoms with E-state index < -0.39 is 12.1 Å². The van der Waals surface area contributed by atoms with Crippen LogP contribution in [0.2, 0.25) is 0 Å². The van der Waals surface area contributed by atoms with E-state index in [0.717, 1.165) is 0 Å². The average molecular weight is 326 g/mol. The number of benzene rings is 2. The van der Waals surface area contributed by atoms with Crippen molar-refractivity contribution in [1.82, 2.24) is 0 Å². The number of carboxylic acid groups (broad SMARTS) is 1. The highest BCUT2D eigenvalue weighted by molar-refractivity contribution is 5.79. The summed E-state index contributed by atoms with van der Waals surface area (Å²) in [6.07, 6.45) is 0.220. The van der Waals surface area contributed by atoms with Crippen LogP contribution in [0.5, 0.6) is 17.2 Å². The Kier molecular flexibility index (Phi) is 4.20. The number of rotatable bonds is 5. The van der Waals surface area contributed by atoms with Gasteiger partial charge in [-0.1, -0.05) is 18.2 Å². The van der Waals surface area contributed by atoms with Crippen molar-refractivity contribution in [1.29, 1.82) is 0 Å². The molecule has 2 aromatic carbocycles. The lowest BCUT2D eigenvalue weighted by Crippen LogP contribution is -2.22. The average Bonchev–Trinajstić information content (AvgIpc) is 2.58. The summed E-state index contributed by atoms with van der Waals surface area (Å²) in [6.45, 7) is 1.42. The molecule has 1 heterocycles. The molecule has 3 rings (SSSR count). The summed E-state index contributed by atoms with van der Waals surface area (Å²) in [5.74, 6) is -0.180. The molecule has 122 valence electrons. The lowest BCUT2D eigenvalue weighted by molar-refractivity contribution is -0.144. The van der Waals surface area contributed by atoms with E-state index in [2.05, 4.69) is 0 Å². The van der Waals surface area contributed by atoms with Gasteiger partial charge in [0.2, 0.25) is 11.2 Å². The van der Waals surface area contributed by atoms with Gasteiger partial charge in [0.25, 0.3) is 0 Å². The van der Waals surface area contributed by atoms with E-state index in [4.69, 9.17) is 19.0 Å². The highest BCUT2D eigenvalue weighted by Gasteiger charge is 2.14. The monoisotopic (exact) mass is 326 g/mol. The van der Waals surface area contributed by atoms with Gasteiger partial charge in [-0.2, -0.15) is 0 Å². The Bertz CT molecular complexity index is 929. The zero-order valence-corrected chi connectivity index (χ0v) is 12.8. The van der Waals surface area contributed by atoms with Gasteiger partial charge in [-0.15, -0.1) is 0 Å². The van der Waals surface area contributed by atoms with Gasteiger partial charge >= 0.3 is 5.97 Å². The molecule has 1 unspecified atom stereocenters. The zero-order chi connectivity index (χ0) is 17.1. The van der Waals surface area contributed by atoms with Crippen LogP contribution >= 0.6 is 0 Å². The van der Waals surface area contributed by atoms with Crippen LogP contribution in [0.3, 0.4) is 0 Å². The summed E-state index contributed by atoms with van der Waals surface area (Å²) in [7, 11) is 0. The normalized spacial score (nSPS) is 11.9. The number of ether oxygens (including phenoxy) is 2. The number of hydrogen-bond acceptors (Lipinski definition) is 5. The molecule has 0 spiro atoms. The second-order valence-electron chi connectivity index (χ2n) is 5.10. The van der Waals surface area contributed by atoms with Gasteiger partial charge in [-0.3, -0.25) is 4.79 Å². The first-order valence-electron chi connectivity index (χ1n) is 7.22. The van der Waals surface area contributed by atoms with Crippen molar-refractivity contribution in [2.24, 2.45) is 0 Å². The number of para-hydroxylation sites is 1. The first kappa shape index (κ1) is 15.6. The largest absolute Gasteiger partial charge is 0.479 e. The van der Waals surface area contributed by atoms with Crippen molar-refractivity contribution in [3.05, 3.63) is 65.0 Å². The number of aliphatic carboxylic acids is 1. The molecule has 1 aromatic heterocycles. The maximum atomic E-state index is 12.5. The molecule has 1 atom stereocenters. The van der Waals surface area contributed by atoms with E-state index in [1.54, 1.807) is 24.3 Å². The van der Waals surface area contributed by atoms with Crippen LogP contribution in [0.25, 0.3) is 11.0 Å². The molecule has 0 aliphatic heterocycles. The van der Waals surface area contributed by atoms with Crippen LogP contribution in [-0.4, -0.2) is 17.2 Å². The van der Waals surface area contributed by atoms with Crippen molar-refractivity contribution < 1.29 is 23.8 Å². The summed E-state index contributed by atoms with van der Waals surface area (Å²) in [6, 6.07) is 13.4. The lowest BCUT2D eigenvalue weighted by atomic mass is 10.2. The summed E-state index contributed by atoms with van der Waals surface area (Å²) in [5, 5.41) is 9.18. The molecule has 1 N–H and O–H groups in total. The van der Waals surface area contributed by atoms with Crippen LogP contribution in [-0.2, 0) is 4.79 Å². The number of hydrogen-bond donors (Lipinski definition) is 1. The van der Waals surface area contributed by atoms with Gasteiger partial charge in [0, 0.05) is 6.07 Å². The van der Waals surface area contributed by atoms with E-state index in [9.17, 15) is 9.59 Å². The van der Waals surface area contributed by atoms with Gasteiger partial charge in [0.05, 0.1) is 5.39 Å². The third-order valence-corrected chi connectivity index (χ3v) is 3.35. The topological polar surface area (TPSA) is 86.0 Å². The van der Waals surface area contributed by atoms with Crippen LogP contribution in [0, 0.1) is 0 Å². The standard InChI is InChI=1S/C18H14O6/c1-11(18(20)21)23-13-7-8-14-15(9-13)22-10-16(17(14)19)24-12-5-3-2-4-6-12/h2-11H,1H3,(H,20,21). The molecule has 0 amide bonds. The third-order valence-electron chi connectivity index (χ3n) is 3.35. The minimum Gasteiger partial charge on any atom is -0.479 e. The van der Waals surface area contributed by atoms with E-state index >= 15 is 0 Å². The summed E-state index contributed by atoms with van der Waals surface area (Å²) in [4.78, 5) is 23.3.